The molecule has 1 aromatic carbocycles. The van der Waals surface area contributed by atoms with Gasteiger partial charge in [-0.05, 0) is 19.2 Å². The van der Waals surface area contributed by atoms with E-state index >= 15 is 0 Å². The van der Waals surface area contributed by atoms with Crippen LogP contribution in [-0.4, -0.2) is 108 Å². The van der Waals surface area contributed by atoms with Gasteiger partial charge >= 0.3 is 0 Å². The van der Waals surface area contributed by atoms with Crippen LogP contribution in [0, 0.1) is 11.3 Å². The summed E-state index contributed by atoms with van der Waals surface area (Å²) in [6.07, 6.45) is -2.81. The number of nitrogens with zero attached hydrogens (tertiary/aromatic N) is 9. The first kappa shape index (κ1) is 25.7. The predicted molar refractivity (Wildman–Crippen MR) is 137 cm³/mol. The largest absolute Gasteiger partial charge is 0.378 e. The van der Waals surface area contributed by atoms with Crippen LogP contribution in [0.3, 0.4) is 0 Å². The number of hydrogen-bond acceptors (Lipinski definition) is 9. The van der Waals surface area contributed by atoms with Crippen molar-refractivity contribution in [2.75, 3.05) is 82.4 Å². The molecule has 2 aromatic heterocycles. The zero-order valence-corrected chi connectivity index (χ0v) is 21.1. The minimum Gasteiger partial charge on any atom is -0.378 e. The lowest BCUT2D eigenvalue weighted by Crippen LogP contribution is -2.51. The van der Waals surface area contributed by atoms with E-state index < -0.39 is 12.2 Å². The molecule has 200 valence electrons. The van der Waals surface area contributed by atoms with Crippen molar-refractivity contribution in [3.8, 4) is 12.0 Å². The molecule has 5 rings (SSSR count). The summed E-state index contributed by atoms with van der Waals surface area (Å²) < 4.78 is 35.0. The summed E-state index contributed by atoms with van der Waals surface area (Å²) in [5.74, 6) is 0.912. The molecule has 0 spiro atoms. The molecule has 0 aliphatic carbocycles. The van der Waals surface area contributed by atoms with Gasteiger partial charge in [0.05, 0.1) is 43.4 Å². The number of para-hydroxylation sites is 2. The molecular weight excluding hydrogens is 496 g/mol. The number of piperazine rings is 1. The second-order valence-corrected chi connectivity index (χ2v) is 9.28. The summed E-state index contributed by atoms with van der Waals surface area (Å²) >= 11 is 0. The highest BCUT2D eigenvalue weighted by atomic mass is 19.3. The molecule has 0 saturated carbocycles. The minimum absolute atomic E-state index is 0.0359. The number of amides is 1. The number of halogens is 2. The molecule has 0 atom stereocenters. The van der Waals surface area contributed by atoms with E-state index in [-0.39, 0.29) is 24.9 Å². The Bertz CT molecular complexity index is 1330. The third kappa shape index (κ3) is 5.36. The fourth-order valence-electron chi connectivity index (χ4n) is 4.72. The van der Waals surface area contributed by atoms with Crippen molar-refractivity contribution in [1.82, 2.24) is 29.3 Å². The molecular formula is C25H29F2N9O2. The van der Waals surface area contributed by atoms with E-state index in [1.165, 1.54) is 4.57 Å². The smallest absolute Gasteiger partial charge is 0.296 e. The number of carbonyl (C=O) groups is 1. The number of ether oxygens (including phenoxy) is 1. The Labute approximate surface area is 218 Å². The molecule has 0 bridgehead atoms. The molecule has 0 unspecified atom stereocenters. The van der Waals surface area contributed by atoms with Gasteiger partial charge < -0.3 is 19.4 Å². The van der Waals surface area contributed by atoms with Gasteiger partial charge in [-0.3, -0.25) is 14.3 Å². The third-order valence-corrected chi connectivity index (χ3v) is 6.71. The zero-order chi connectivity index (χ0) is 26.6. The number of morpholine rings is 1. The molecule has 1 amide bonds. The van der Waals surface area contributed by atoms with Crippen LogP contribution < -0.4 is 9.80 Å². The van der Waals surface area contributed by atoms with Gasteiger partial charge in [0, 0.05) is 45.3 Å². The maximum absolute atomic E-state index is 14.1. The number of rotatable bonds is 7. The van der Waals surface area contributed by atoms with Gasteiger partial charge in [-0.25, -0.2) is 13.8 Å². The van der Waals surface area contributed by atoms with E-state index in [2.05, 4.69) is 9.88 Å². The van der Waals surface area contributed by atoms with Crippen LogP contribution in [0.4, 0.5) is 20.4 Å². The van der Waals surface area contributed by atoms with Crippen molar-refractivity contribution in [3.05, 3.63) is 36.2 Å². The van der Waals surface area contributed by atoms with E-state index in [9.17, 15) is 13.6 Å². The highest BCUT2D eigenvalue weighted by Gasteiger charge is 2.27. The molecule has 0 radical (unpaired) electrons. The number of fused-ring (bicyclic) bond motifs is 1. The average Bonchev–Trinajstić information content (AvgIpc) is 3.34. The summed E-state index contributed by atoms with van der Waals surface area (Å²) in [7, 11) is 1.74. The van der Waals surface area contributed by atoms with E-state index in [0.29, 0.717) is 75.2 Å². The Balaban J connectivity index is 1.46. The molecule has 11 nitrogen and oxygen atoms in total. The number of likely N-dealkylation sites (N-methyl/N-ethyl adjacent to an activating group) is 1. The highest BCUT2D eigenvalue weighted by Crippen LogP contribution is 2.29. The number of benzene rings is 1. The summed E-state index contributed by atoms with van der Waals surface area (Å²) in [5, 5.41) is 8.84. The van der Waals surface area contributed by atoms with Crippen molar-refractivity contribution in [3.63, 3.8) is 0 Å². The SMILES string of the molecule is CN(CC#N)CC(=O)N1CCN(c2cc(N3CCOCC3)nc(-n3c(C(F)F)nc4ccccc43)n2)CC1. The van der Waals surface area contributed by atoms with Gasteiger partial charge in [-0.2, -0.15) is 15.2 Å². The average molecular weight is 526 g/mol. The van der Waals surface area contributed by atoms with E-state index in [1.54, 1.807) is 41.1 Å². The van der Waals surface area contributed by atoms with Crippen molar-refractivity contribution in [2.24, 2.45) is 0 Å². The molecule has 2 aliphatic heterocycles. The van der Waals surface area contributed by atoms with Crippen LogP contribution in [-0.2, 0) is 9.53 Å². The Morgan fingerprint density at radius 2 is 1.71 bits per heavy atom. The molecule has 2 saturated heterocycles. The fraction of sp³-hybridized carbons (Fsp3) is 0.480. The van der Waals surface area contributed by atoms with Gasteiger partial charge in [0.1, 0.15) is 11.6 Å². The first-order valence-electron chi connectivity index (χ1n) is 12.5. The summed E-state index contributed by atoms with van der Waals surface area (Å²) in [6.45, 7) is 4.74. The quantitative estimate of drug-likeness (QED) is 0.426. The van der Waals surface area contributed by atoms with Crippen LogP contribution in [0.15, 0.2) is 30.3 Å². The molecule has 4 heterocycles. The number of anilines is 2. The number of nitriles is 1. The van der Waals surface area contributed by atoms with Gasteiger partial charge in [0.2, 0.25) is 11.9 Å². The molecule has 2 aliphatic rings. The minimum atomic E-state index is -2.81. The molecule has 2 fully saturated rings. The summed E-state index contributed by atoms with van der Waals surface area (Å²) in [5.41, 5.74) is 0.947. The molecule has 0 N–H and O–H groups in total. The monoisotopic (exact) mass is 525 g/mol. The second kappa shape index (κ2) is 11.2. The molecule has 3 aromatic rings. The zero-order valence-electron chi connectivity index (χ0n) is 21.1. The van der Waals surface area contributed by atoms with Crippen LogP contribution in [0.25, 0.3) is 17.0 Å². The lowest BCUT2D eigenvalue weighted by Gasteiger charge is -2.36. The van der Waals surface area contributed by atoms with Gasteiger partial charge in [0.25, 0.3) is 6.43 Å². The maximum atomic E-state index is 14.1. The van der Waals surface area contributed by atoms with E-state index in [0.717, 1.165) is 0 Å². The number of imidazole rings is 1. The fourth-order valence-corrected chi connectivity index (χ4v) is 4.72. The van der Waals surface area contributed by atoms with E-state index in [4.69, 9.17) is 20.0 Å². The Kier molecular flexibility index (Phi) is 7.62. The predicted octanol–water partition coefficient (Wildman–Crippen LogP) is 1.69. The van der Waals surface area contributed by atoms with Crippen LogP contribution in [0.5, 0.6) is 0 Å². The maximum Gasteiger partial charge on any atom is 0.296 e. The Morgan fingerprint density at radius 3 is 2.37 bits per heavy atom. The van der Waals surface area contributed by atoms with Crippen LogP contribution in [0.2, 0.25) is 0 Å². The van der Waals surface area contributed by atoms with Crippen molar-refractivity contribution in [2.45, 2.75) is 6.43 Å². The highest BCUT2D eigenvalue weighted by molar-refractivity contribution is 5.79. The van der Waals surface area contributed by atoms with Crippen LogP contribution >= 0.6 is 0 Å². The van der Waals surface area contributed by atoms with Crippen LogP contribution in [0.1, 0.15) is 12.2 Å². The number of carbonyl (C=O) groups excluding carboxylic acids is 1. The number of alkyl halides is 2. The summed E-state index contributed by atoms with van der Waals surface area (Å²) in [4.78, 5) is 33.8. The Morgan fingerprint density at radius 1 is 1.05 bits per heavy atom. The Hall–Kier alpha value is -3.89. The van der Waals surface area contributed by atoms with Crippen molar-refractivity contribution in [1.29, 1.82) is 5.26 Å². The number of hydrogen-bond donors (Lipinski definition) is 0. The molecule has 13 heteroatoms. The lowest BCUT2D eigenvalue weighted by molar-refractivity contribution is -0.132. The topological polar surface area (TPSA) is 107 Å². The van der Waals surface area contributed by atoms with Crippen molar-refractivity contribution < 1.29 is 18.3 Å². The second-order valence-electron chi connectivity index (χ2n) is 9.28. The normalized spacial score (nSPS) is 16.5. The first-order chi connectivity index (χ1) is 18.4. The lowest BCUT2D eigenvalue weighted by atomic mass is 10.3. The van der Waals surface area contributed by atoms with Gasteiger partial charge in [-0.1, -0.05) is 12.1 Å². The third-order valence-electron chi connectivity index (χ3n) is 6.71. The summed E-state index contributed by atoms with van der Waals surface area (Å²) in [6, 6.07) is 10.9. The standard InChI is InChI=1S/C25H29F2N9O2/c1-32(7-6-28)17-22(37)35-10-8-33(9-11-35)20-16-21(34-12-14-38-15-13-34)31-25(30-20)36-19-5-3-2-4-18(19)29-24(36)23(26)27/h2-5,16,23H,7-15,17H2,1H3. The van der Waals surface area contributed by atoms with Crippen molar-refractivity contribution >= 4 is 28.6 Å². The van der Waals surface area contributed by atoms with Gasteiger partial charge in [-0.15, -0.1) is 0 Å². The van der Waals surface area contributed by atoms with E-state index in [1.807, 2.05) is 17.0 Å². The molecule has 38 heavy (non-hydrogen) atoms. The van der Waals surface area contributed by atoms with Gasteiger partial charge in [0.15, 0.2) is 5.82 Å². The first-order valence-corrected chi connectivity index (χ1v) is 12.5. The number of aromatic nitrogens is 4.